The number of anilines is 1. The summed E-state index contributed by atoms with van der Waals surface area (Å²) in [7, 11) is 1.61. The van der Waals surface area contributed by atoms with Crippen LogP contribution in [0.4, 0.5) is 5.69 Å². The lowest BCUT2D eigenvalue weighted by atomic mass is 10.1. The molecule has 0 spiro atoms. The number of carbonyl (C=O) groups excluding carboxylic acids is 1. The summed E-state index contributed by atoms with van der Waals surface area (Å²) in [6.07, 6.45) is 0. The van der Waals surface area contributed by atoms with Crippen LogP contribution in [-0.4, -0.2) is 25.4 Å². The van der Waals surface area contributed by atoms with Crippen LogP contribution in [0.1, 0.15) is 5.56 Å². The number of fused-ring (bicyclic) bond motifs is 1. The summed E-state index contributed by atoms with van der Waals surface area (Å²) in [6, 6.07) is 5.31. The maximum Gasteiger partial charge on any atom is 0.262 e. The van der Waals surface area contributed by atoms with Crippen molar-refractivity contribution in [1.29, 1.82) is 0 Å². The molecule has 15 heavy (non-hydrogen) atoms. The predicted molar refractivity (Wildman–Crippen MR) is 57.2 cm³/mol. The number of hydrogen-bond donors (Lipinski definition) is 2. The highest BCUT2D eigenvalue weighted by molar-refractivity contribution is 6.01. The van der Waals surface area contributed by atoms with Crippen molar-refractivity contribution in [3.8, 4) is 5.75 Å². The first kappa shape index (κ1) is 9.51. The molecule has 1 aliphatic heterocycles. The molecule has 0 bridgehead atoms. The summed E-state index contributed by atoms with van der Waals surface area (Å²) < 4.78 is 5.21. The van der Waals surface area contributed by atoms with Crippen molar-refractivity contribution in [3.05, 3.63) is 23.8 Å². The van der Waals surface area contributed by atoms with Crippen molar-refractivity contribution >= 4 is 17.4 Å². The molecule has 1 heterocycles. The maximum absolute atomic E-state index is 11.1. The Morgan fingerprint density at radius 3 is 3.13 bits per heavy atom. The third kappa shape index (κ3) is 1.76. The van der Waals surface area contributed by atoms with E-state index in [1.807, 2.05) is 0 Å². The van der Waals surface area contributed by atoms with E-state index in [9.17, 15) is 4.79 Å². The van der Waals surface area contributed by atoms with E-state index in [2.05, 4.69) is 10.3 Å². The summed E-state index contributed by atoms with van der Waals surface area (Å²) in [5.41, 5.74) is 7.06. The van der Waals surface area contributed by atoms with Crippen LogP contribution in [0, 0.1) is 0 Å². The molecule has 3 N–H and O–H groups in total. The molecule has 0 unspecified atom stereocenters. The molecule has 0 aromatic heterocycles. The molecule has 0 saturated carbocycles. The third-order valence-corrected chi connectivity index (χ3v) is 2.15. The van der Waals surface area contributed by atoms with Crippen LogP contribution in [0.2, 0.25) is 0 Å². The van der Waals surface area contributed by atoms with Crippen LogP contribution in [0.5, 0.6) is 5.75 Å². The van der Waals surface area contributed by atoms with E-state index >= 15 is 0 Å². The van der Waals surface area contributed by atoms with Gasteiger partial charge < -0.3 is 15.8 Å². The van der Waals surface area contributed by atoms with Crippen LogP contribution in [0.3, 0.4) is 0 Å². The number of nitrogens with one attached hydrogen (secondary N) is 1. The number of nitrogens with two attached hydrogens (primary N) is 1. The number of amides is 1. The Kier molecular flexibility index (Phi) is 2.29. The zero-order valence-electron chi connectivity index (χ0n) is 8.28. The van der Waals surface area contributed by atoms with Crippen LogP contribution in [0.15, 0.2) is 23.2 Å². The highest BCUT2D eigenvalue weighted by Gasteiger charge is 2.16. The highest BCUT2D eigenvalue weighted by Crippen LogP contribution is 2.28. The van der Waals surface area contributed by atoms with E-state index in [0.717, 1.165) is 5.56 Å². The topological polar surface area (TPSA) is 76.7 Å². The number of nitrogens with zero attached hydrogens (tertiary/aromatic N) is 1. The van der Waals surface area contributed by atoms with E-state index in [-0.39, 0.29) is 12.5 Å². The monoisotopic (exact) mass is 205 g/mol. The smallest absolute Gasteiger partial charge is 0.262 e. The minimum absolute atomic E-state index is 0.0592. The molecule has 1 aromatic rings. The fraction of sp³-hybridized carbons (Fsp3) is 0.200. The van der Waals surface area contributed by atoms with Gasteiger partial charge in [-0.3, -0.25) is 9.79 Å². The molecule has 1 aliphatic rings. The molecule has 78 valence electrons. The fourth-order valence-corrected chi connectivity index (χ4v) is 1.37. The lowest BCUT2D eigenvalue weighted by Crippen LogP contribution is -2.26. The van der Waals surface area contributed by atoms with E-state index < -0.39 is 0 Å². The number of carbonyl (C=O) groups is 1. The van der Waals surface area contributed by atoms with Crippen molar-refractivity contribution in [2.24, 2.45) is 10.7 Å². The first-order chi connectivity index (χ1) is 7.20. The normalized spacial score (nSPS) is 15.3. The Balaban J connectivity index is 2.41. The number of rotatable bonds is 1. The Hall–Kier alpha value is -2.04. The Morgan fingerprint density at radius 2 is 2.40 bits per heavy atom. The van der Waals surface area contributed by atoms with Crippen molar-refractivity contribution in [1.82, 2.24) is 0 Å². The quantitative estimate of drug-likeness (QED) is 0.513. The number of ether oxygens (including phenoxy) is 1. The molecule has 0 fully saturated rings. The van der Waals surface area contributed by atoms with E-state index in [4.69, 9.17) is 10.5 Å². The molecule has 5 heteroatoms. The maximum atomic E-state index is 11.1. The van der Waals surface area contributed by atoms with Gasteiger partial charge in [0.25, 0.3) is 5.91 Å². The van der Waals surface area contributed by atoms with Gasteiger partial charge in [-0.25, -0.2) is 0 Å². The molecular weight excluding hydrogens is 194 g/mol. The Bertz CT molecular complexity index is 440. The van der Waals surface area contributed by atoms with Gasteiger partial charge in [-0.05, 0) is 18.2 Å². The van der Waals surface area contributed by atoms with E-state index in [0.29, 0.717) is 17.3 Å². The largest absolute Gasteiger partial charge is 0.482 e. The van der Waals surface area contributed by atoms with Gasteiger partial charge in [0.1, 0.15) is 11.6 Å². The molecule has 0 saturated heterocycles. The second-order valence-electron chi connectivity index (χ2n) is 3.16. The lowest BCUT2D eigenvalue weighted by Gasteiger charge is -2.18. The van der Waals surface area contributed by atoms with Crippen LogP contribution >= 0.6 is 0 Å². The standard InChI is InChI=1S/C10H11N3O2/c1-12-10(11)6-2-3-8-7(4-6)13-9(14)5-15-8/h2-4H,5H2,1H3,(H2,11,12)(H,13,14). The summed E-state index contributed by atoms with van der Waals surface area (Å²) in [5.74, 6) is 0.923. The van der Waals surface area contributed by atoms with Crippen LogP contribution < -0.4 is 15.8 Å². The molecule has 0 atom stereocenters. The second kappa shape index (κ2) is 3.61. The summed E-state index contributed by atoms with van der Waals surface area (Å²) in [5, 5.41) is 2.70. The van der Waals surface area contributed by atoms with Crippen molar-refractivity contribution in [2.75, 3.05) is 19.0 Å². The molecule has 1 amide bonds. The SMILES string of the molecule is CN=C(N)c1ccc2c(c1)NC(=O)CO2. The summed E-state index contributed by atoms with van der Waals surface area (Å²) >= 11 is 0. The summed E-state index contributed by atoms with van der Waals surface area (Å²) in [4.78, 5) is 14.9. The third-order valence-electron chi connectivity index (χ3n) is 2.15. The number of benzene rings is 1. The average Bonchev–Trinajstić information content (AvgIpc) is 2.27. The molecule has 0 radical (unpaired) electrons. The van der Waals surface area contributed by atoms with E-state index in [1.165, 1.54) is 0 Å². The van der Waals surface area contributed by atoms with Gasteiger partial charge in [0.05, 0.1) is 5.69 Å². The Labute approximate surface area is 86.9 Å². The molecule has 2 rings (SSSR count). The second-order valence-corrected chi connectivity index (χ2v) is 3.16. The van der Waals surface area contributed by atoms with Gasteiger partial charge in [0.15, 0.2) is 6.61 Å². The van der Waals surface area contributed by atoms with Gasteiger partial charge in [-0.1, -0.05) is 0 Å². The average molecular weight is 205 g/mol. The first-order valence-corrected chi connectivity index (χ1v) is 4.50. The minimum atomic E-state index is -0.161. The van der Waals surface area contributed by atoms with Gasteiger partial charge >= 0.3 is 0 Å². The highest BCUT2D eigenvalue weighted by atomic mass is 16.5. The zero-order chi connectivity index (χ0) is 10.8. The van der Waals surface area contributed by atoms with Gasteiger partial charge in [-0.2, -0.15) is 0 Å². The van der Waals surface area contributed by atoms with E-state index in [1.54, 1.807) is 25.2 Å². The van der Waals surface area contributed by atoms with Gasteiger partial charge in [0, 0.05) is 12.6 Å². The molecule has 0 aliphatic carbocycles. The minimum Gasteiger partial charge on any atom is -0.482 e. The molecule has 1 aromatic carbocycles. The van der Waals surface area contributed by atoms with Crippen molar-refractivity contribution in [3.63, 3.8) is 0 Å². The van der Waals surface area contributed by atoms with Gasteiger partial charge in [-0.15, -0.1) is 0 Å². The first-order valence-electron chi connectivity index (χ1n) is 4.50. The molecule has 5 nitrogen and oxygen atoms in total. The van der Waals surface area contributed by atoms with Gasteiger partial charge in [0.2, 0.25) is 0 Å². The lowest BCUT2D eigenvalue weighted by molar-refractivity contribution is -0.118. The Morgan fingerprint density at radius 1 is 1.60 bits per heavy atom. The van der Waals surface area contributed by atoms with Crippen molar-refractivity contribution < 1.29 is 9.53 Å². The van der Waals surface area contributed by atoms with Crippen LogP contribution in [0.25, 0.3) is 0 Å². The molecular formula is C10H11N3O2. The number of aliphatic imine (C=N–C) groups is 1. The van der Waals surface area contributed by atoms with Crippen LogP contribution in [-0.2, 0) is 4.79 Å². The predicted octanol–water partition coefficient (Wildman–Crippen LogP) is 0.353. The number of hydrogen-bond acceptors (Lipinski definition) is 3. The number of amidine groups is 1. The fourth-order valence-electron chi connectivity index (χ4n) is 1.37. The zero-order valence-corrected chi connectivity index (χ0v) is 8.28. The van der Waals surface area contributed by atoms with Crippen molar-refractivity contribution in [2.45, 2.75) is 0 Å². The summed E-state index contributed by atoms with van der Waals surface area (Å²) in [6.45, 7) is 0.0592.